The summed E-state index contributed by atoms with van der Waals surface area (Å²) < 4.78 is 1.92. The van der Waals surface area contributed by atoms with E-state index in [2.05, 4.69) is 27.1 Å². The van der Waals surface area contributed by atoms with Gasteiger partial charge in [-0.2, -0.15) is 5.10 Å². The molecule has 1 aromatic carbocycles. The third-order valence-corrected chi connectivity index (χ3v) is 5.49. The van der Waals surface area contributed by atoms with Crippen LogP contribution >= 0.6 is 35.4 Å². The molecule has 2 heterocycles. The molecule has 134 valence electrons. The SMILES string of the molecule is Cc1c(CN2CCN(C(=S)Nc3cc(Cl)ccc3Cl)CC2)cnn1C. The summed E-state index contributed by atoms with van der Waals surface area (Å²) in [7, 11) is 1.97. The van der Waals surface area contributed by atoms with Crippen molar-refractivity contribution >= 4 is 46.2 Å². The molecule has 0 radical (unpaired) electrons. The van der Waals surface area contributed by atoms with E-state index in [9.17, 15) is 0 Å². The first-order valence-corrected chi connectivity index (χ1v) is 9.31. The van der Waals surface area contributed by atoms with E-state index in [1.807, 2.05) is 17.9 Å². The summed E-state index contributed by atoms with van der Waals surface area (Å²) in [6.45, 7) is 6.70. The van der Waals surface area contributed by atoms with Crippen LogP contribution < -0.4 is 5.32 Å². The van der Waals surface area contributed by atoms with Crippen molar-refractivity contribution in [3.63, 3.8) is 0 Å². The van der Waals surface area contributed by atoms with Crippen LogP contribution in [0.15, 0.2) is 24.4 Å². The Bertz CT molecular complexity index is 768. The van der Waals surface area contributed by atoms with Crippen LogP contribution in [0.5, 0.6) is 0 Å². The van der Waals surface area contributed by atoms with Gasteiger partial charge in [0.1, 0.15) is 0 Å². The van der Waals surface area contributed by atoms with E-state index in [0.29, 0.717) is 15.2 Å². The fourth-order valence-corrected chi connectivity index (χ4v) is 3.47. The average molecular weight is 398 g/mol. The molecular weight excluding hydrogens is 377 g/mol. The van der Waals surface area contributed by atoms with E-state index in [1.54, 1.807) is 18.2 Å². The van der Waals surface area contributed by atoms with E-state index in [-0.39, 0.29) is 0 Å². The van der Waals surface area contributed by atoms with Crippen LogP contribution in [0, 0.1) is 6.92 Å². The molecule has 0 unspecified atom stereocenters. The molecule has 1 aliphatic heterocycles. The number of hydrogen-bond acceptors (Lipinski definition) is 3. The average Bonchev–Trinajstić information content (AvgIpc) is 2.91. The van der Waals surface area contributed by atoms with Gasteiger partial charge in [0, 0.05) is 56.1 Å². The van der Waals surface area contributed by atoms with Crippen molar-refractivity contribution < 1.29 is 0 Å². The smallest absolute Gasteiger partial charge is 0.173 e. The van der Waals surface area contributed by atoms with Gasteiger partial charge < -0.3 is 10.2 Å². The number of rotatable bonds is 3. The van der Waals surface area contributed by atoms with Gasteiger partial charge in [-0.15, -0.1) is 0 Å². The predicted octanol–water partition coefficient (Wildman–Crippen LogP) is 3.55. The third-order valence-electron chi connectivity index (χ3n) is 4.56. The summed E-state index contributed by atoms with van der Waals surface area (Å²) in [6.07, 6.45) is 1.95. The molecule has 1 fully saturated rings. The predicted molar refractivity (Wildman–Crippen MR) is 107 cm³/mol. The highest BCUT2D eigenvalue weighted by Gasteiger charge is 2.20. The second kappa shape index (κ2) is 7.91. The largest absolute Gasteiger partial charge is 0.346 e. The molecule has 1 saturated heterocycles. The lowest BCUT2D eigenvalue weighted by atomic mass is 10.2. The summed E-state index contributed by atoms with van der Waals surface area (Å²) in [5, 5.41) is 9.44. The van der Waals surface area contributed by atoms with Crippen LogP contribution in [0.3, 0.4) is 0 Å². The van der Waals surface area contributed by atoms with Crippen molar-refractivity contribution in [3.05, 3.63) is 45.7 Å². The lowest BCUT2D eigenvalue weighted by Crippen LogP contribution is -2.49. The number of benzene rings is 1. The summed E-state index contributed by atoms with van der Waals surface area (Å²) >= 11 is 17.8. The maximum Gasteiger partial charge on any atom is 0.173 e. The van der Waals surface area contributed by atoms with Crippen molar-refractivity contribution in [1.29, 1.82) is 0 Å². The Balaban J connectivity index is 1.54. The Morgan fingerprint density at radius 3 is 2.60 bits per heavy atom. The first-order chi connectivity index (χ1) is 11.9. The Labute approximate surface area is 163 Å². The van der Waals surface area contributed by atoms with Crippen LogP contribution in [-0.2, 0) is 13.6 Å². The summed E-state index contributed by atoms with van der Waals surface area (Å²) in [5.74, 6) is 0. The third kappa shape index (κ3) is 4.44. The number of hydrogen-bond donors (Lipinski definition) is 1. The van der Waals surface area contributed by atoms with E-state index in [0.717, 1.165) is 38.4 Å². The molecule has 2 aromatic rings. The summed E-state index contributed by atoms with van der Waals surface area (Å²) in [5.41, 5.74) is 3.24. The van der Waals surface area contributed by atoms with Crippen molar-refractivity contribution in [2.45, 2.75) is 13.5 Å². The van der Waals surface area contributed by atoms with E-state index in [4.69, 9.17) is 35.4 Å². The molecule has 8 heteroatoms. The minimum atomic E-state index is 0.609. The zero-order valence-electron chi connectivity index (χ0n) is 14.3. The zero-order chi connectivity index (χ0) is 18.0. The normalized spacial score (nSPS) is 15.4. The highest BCUT2D eigenvalue weighted by Crippen LogP contribution is 2.26. The fourth-order valence-electron chi connectivity index (χ4n) is 2.84. The van der Waals surface area contributed by atoms with Crippen LogP contribution in [0.1, 0.15) is 11.3 Å². The number of aryl methyl sites for hydroxylation is 1. The van der Waals surface area contributed by atoms with Crippen molar-refractivity contribution in [2.24, 2.45) is 7.05 Å². The number of thiocarbonyl (C=S) groups is 1. The van der Waals surface area contributed by atoms with Crippen molar-refractivity contribution in [1.82, 2.24) is 19.6 Å². The van der Waals surface area contributed by atoms with Gasteiger partial charge in [-0.05, 0) is 37.3 Å². The molecule has 0 amide bonds. The maximum atomic E-state index is 6.19. The van der Waals surface area contributed by atoms with E-state index >= 15 is 0 Å². The molecule has 0 aliphatic carbocycles. The van der Waals surface area contributed by atoms with Gasteiger partial charge >= 0.3 is 0 Å². The molecule has 0 atom stereocenters. The standard InChI is InChI=1S/C17H21Cl2N5S/c1-12-13(10-20-22(12)2)11-23-5-7-24(8-6-23)17(25)21-16-9-14(18)3-4-15(16)19/h3-4,9-10H,5-8,11H2,1-2H3,(H,21,25). The van der Waals surface area contributed by atoms with Gasteiger partial charge in [0.2, 0.25) is 0 Å². The van der Waals surface area contributed by atoms with Crippen LogP contribution in [0.2, 0.25) is 10.0 Å². The lowest BCUT2D eigenvalue weighted by Gasteiger charge is -2.36. The Morgan fingerprint density at radius 1 is 1.24 bits per heavy atom. The van der Waals surface area contributed by atoms with Gasteiger partial charge in [-0.25, -0.2) is 0 Å². The number of anilines is 1. The summed E-state index contributed by atoms with van der Waals surface area (Å²) in [6, 6.07) is 5.32. The molecule has 1 N–H and O–H groups in total. The first kappa shape index (κ1) is 18.5. The number of halogens is 2. The van der Waals surface area contributed by atoms with Crippen LogP contribution in [-0.4, -0.2) is 50.9 Å². The molecular formula is C17H21Cl2N5S. The lowest BCUT2D eigenvalue weighted by molar-refractivity contribution is 0.176. The molecule has 3 rings (SSSR count). The van der Waals surface area contributed by atoms with Crippen LogP contribution in [0.4, 0.5) is 5.69 Å². The molecule has 0 bridgehead atoms. The zero-order valence-corrected chi connectivity index (χ0v) is 16.6. The van der Waals surface area contributed by atoms with Gasteiger partial charge in [0.05, 0.1) is 16.9 Å². The van der Waals surface area contributed by atoms with E-state index < -0.39 is 0 Å². The van der Waals surface area contributed by atoms with Gasteiger partial charge in [0.15, 0.2) is 5.11 Å². The number of nitrogens with one attached hydrogen (secondary N) is 1. The maximum absolute atomic E-state index is 6.19. The number of piperazine rings is 1. The monoisotopic (exact) mass is 397 g/mol. The molecule has 0 saturated carbocycles. The van der Waals surface area contributed by atoms with Crippen molar-refractivity contribution in [3.8, 4) is 0 Å². The molecule has 5 nitrogen and oxygen atoms in total. The number of aromatic nitrogens is 2. The summed E-state index contributed by atoms with van der Waals surface area (Å²) in [4.78, 5) is 4.59. The molecule has 1 aliphatic rings. The van der Waals surface area contributed by atoms with Crippen molar-refractivity contribution in [2.75, 3.05) is 31.5 Å². The topological polar surface area (TPSA) is 36.3 Å². The first-order valence-electron chi connectivity index (χ1n) is 8.15. The minimum Gasteiger partial charge on any atom is -0.346 e. The molecule has 25 heavy (non-hydrogen) atoms. The molecule has 1 aromatic heterocycles. The highest BCUT2D eigenvalue weighted by molar-refractivity contribution is 7.80. The second-order valence-corrected chi connectivity index (χ2v) is 7.43. The van der Waals surface area contributed by atoms with Gasteiger partial charge in [0.25, 0.3) is 0 Å². The Morgan fingerprint density at radius 2 is 1.96 bits per heavy atom. The minimum absolute atomic E-state index is 0.609. The Hall–Kier alpha value is -1.34. The van der Waals surface area contributed by atoms with E-state index in [1.165, 1.54) is 11.3 Å². The van der Waals surface area contributed by atoms with Gasteiger partial charge in [-0.3, -0.25) is 9.58 Å². The molecule has 0 spiro atoms. The Kier molecular flexibility index (Phi) is 5.84. The number of nitrogens with zero attached hydrogens (tertiary/aromatic N) is 4. The second-order valence-electron chi connectivity index (χ2n) is 6.20. The fraction of sp³-hybridized carbons (Fsp3) is 0.412. The van der Waals surface area contributed by atoms with Gasteiger partial charge in [-0.1, -0.05) is 23.2 Å². The van der Waals surface area contributed by atoms with Crippen LogP contribution in [0.25, 0.3) is 0 Å². The quantitative estimate of drug-likeness (QED) is 0.801. The highest BCUT2D eigenvalue weighted by atomic mass is 35.5.